The van der Waals surface area contributed by atoms with E-state index >= 15 is 0 Å². The van der Waals surface area contributed by atoms with Gasteiger partial charge in [-0.3, -0.25) is 0 Å². The van der Waals surface area contributed by atoms with Gasteiger partial charge >= 0.3 is 0 Å². The summed E-state index contributed by atoms with van der Waals surface area (Å²) < 4.78 is 2.69. The minimum absolute atomic E-state index is 1.30. The van der Waals surface area contributed by atoms with Crippen LogP contribution in [0.3, 0.4) is 0 Å². The molecule has 0 nitrogen and oxygen atoms in total. The van der Waals surface area contributed by atoms with Crippen LogP contribution in [-0.2, 0) is 0 Å². The van der Waals surface area contributed by atoms with Crippen molar-refractivity contribution in [2.75, 3.05) is 0 Å². The fraction of sp³-hybridized carbons (Fsp3) is 0. The molecule has 0 aliphatic heterocycles. The maximum absolute atomic E-state index is 2.44. The van der Waals surface area contributed by atoms with Crippen molar-refractivity contribution in [1.29, 1.82) is 0 Å². The van der Waals surface area contributed by atoms with Crippen LogP contribution in [0.25, 0.3) is 96.3 Å². The van der Waals surface area contributed by atoms with Crippen molar-refractivity contribution < 1.29 is 0 Å². The predicted octanol–water partition coefficient (Wildman–Crippen LogP) is 12.6. The molecule has 10 aromatic rings. The van der Waals surface area contributed by atoms with Gasteiger partial charge in [0.25, 0.3) is 0 Å². The lowest BCUT2D eigenvalue weighted by Crippen LogP contribution is -1.93. The van der Waals surface area contributed by atoms with Crippen LogP contribution in [0.2, 0.25) is 0 Å². The van der Waals surface area contributed by atoms with Crippen molar-refractivity contribution >= 4 is 85.4 Å². The standard InChI is InChI=1S/C42H24S/c1-3-16-31-29(14-1)40(35-20-9-19-34-28-13-5-6-21-37(28)43-42(34)35)30-15-2-4-17-32(30)41(31)36-24-27-12-7-10-25-22-23-26-11-8-18-33(36)39(26)38(25)27/h1-24H. The molecule has 0 aliphatic rings. The summed E-state index contributed by atoms with van der Waals surface area (Å²) in [6.45, 7) is 0. The normalized spacial score (nSPS) is 12.2. The molecule has 0 saturated heterocycles. The van der Waals surface area contributed by atoms with E-state index in [0.29, 0.717) is 0 Å². The van der Waals surface area contributed by atoms with E-state index < -0.39 is 0 Å². The molecule has 198 valence electrons. The Morgan fingerprint density at radius 1 is 0.326 bits per heavy atom. The summed E-state index contributed by atoms with van der Waals surface area (Å²) in [5.74, 6) is 0. The van der Waals surface area contributed by atoms with Gasteiger partial charge in [-0.1, -0.05) is 133 Å². The van der Waals surface area contributed by atoms with Gasteiger partial charge in [-0.25, -0.2) is 0 Å². The molecule has 43 heavy (non-hydrogen) atoms. The lowest BCUT2D eigenvalue weighted by atomic mass is 9.82. The Labute approximate surface area is 252 Å². The number of benzene rings is 9. The maximum atomic E-state index is 2.44. The molecule has 0 aliphatic carbocycles. The monoisotopic (exact) mass is 560 g/mol. The van der Waals surface area contributed by atoms with Crippen LogP contribution in [-0.4, -0.2) is 0 Å². The molecule has 10 rings (SSSR count). The Kier molecular flexibility index (Phi) is 4.69. The second-order valence-electron chi connectivity index (χ2n) is 11.6. The van der Waals surface area contributed by atoms with E-state index in [4.69, 9.17) is 0 Å². The number of fused-ring (bicyclic) bond motifs is 5. The molecule has 0 saturated carbocycles. The third-order valence-corrected chi connectivity index (χ3v) is 10.6. The Hall–Kier alpha value is -5.24. The Bertz CT molecular complexity index is 2670. The average molecular weight is 561 g/mol. The first kappa shape index (κ1) is 23.3. The summed E-state index contributed by atoms with van der Waals surface area (Å²) >= 11 is 1.91. The van der Waals surface area contributed by atoms with E-state index in [1.54, 1.807) is 0 Å². The van der Waals surface area contributed by atoms with Crippen LogP contribution in [0.15, 0.2) is 146 Å². The zero-order valence-corrected chi connectivity index (χ0v) is 24.1. The van der Waals surface area contributed by atoms with Crippen molar-refractivity contribution in [3.63, 3.8) is 0 Å². The lowest BCUT2D eigenvalue weighted by molar-refractivity contribution is 1.71. The molecule has 0 radical (unpaired) electrons. The molecule has 0 N–H and O–H groups in total. The molecule has 0 atom stereocenters. The van der Waals surface area contributed by atoms with Gasteiger partial charge in [0.1, 0.15) is 0 Å². The summed E-state index contributed by atoms with van der Waals surface area (Å²) in [6, 6.07) is 54.2. The van der Waals surface area contributed by atoms with E-state index in [2.05, 4.69) is 146 Å². The highest BCUT2D eigenvalue weighted by atomic mass is 32.1. The first-order chi connectivity index (χ1) is 21.3. The van der Waals surface area contributed by atoms with E-state index in [1.807, 2.05) is 11.3 Å². The highest BCUT2D eigenvalue weighted by molar-refractivity contribution is 7.26. The third-order valence-electron chi connectivity index (χ3n) is 9.38. The molecule has 0 spiro atoms. The first-order valence-electron chi connectivity index (χ1n) is 14.9. The Balaban J connectivity index is 1.40. The highest BCUT2D eigenvalue weighted by Gasteiger charge is 2.21. The van der Waals surface area contributed by atoms with Gasteiger partial charge in [0, 0.05) is 25.7 Å². The summed E-state index contributed by atoms with van der Waals surface area (Å²) in [5.41, 5.74) is 5.25. The SMILES string of the molecule is c1cc2ccc3cccc4c(-c5c6ccccc6c(-c6cccc7c6sc6ccccc67)c6ccccc56)cc(c1)c2c34. The van der Waals surface area contributed by atoms with Gasteiger partial charge in [-0.15, -0.1) is 11.3 Å². The summed E-state index contributed by atoms with van der Waals surface area (Å²) in [5, 5.41) is 15.8. The summed E-state index contributed by atoms with van der Waals surface area (Å²) in [4.78, 5) is 0. The van der Waals surface area contributed by atoms with E-state index in [9.17, 15) is 0 Å². The van der Waals surface area contributed by atoms with Crippen molar-refractivity contribution in [1.82, 2.24) is 0 Å². The van der Waals surface area contributed by atoms with Crippen LogP contribution in [0.5, 0.6) is 0 Å². The summed E-state index contributed by atoms with van der Waals surface area (Å²) in [7, 11) is 0. The Morgan fingerprint density at radius 3 is 1.56 bits per heavy atom. The first-order valence-corrected chi connectivity index (χ1v) is 15.7. The molecular formula is C42H24S. The van der Waals surface area contributed by atoms with E-state index in [-0.39, 0.29) is 0 Å². The van der Waals surface area contributed by atoms with Gasteiger partial charge in [0.05, 0.1) is 0 Å². The van der Waals surface area contributed by atoms with Crippen molar-refractivity contribution in [3.8, 4) is 22.3 Å². The highest BCUT2D eigenvalue weighted by Crippen LogP contribution is 2.50. The van der Waals surface area contributed by atoms with Crippen molar-refractivity contribution in [3.05, 3.63) is 146 Å². The third kappa shape index (κ3) is 3.15. The second-order valence-corrected chi connectivity index (χ2v) is 12.6. The fourth-order valence-electron chi connectivity index (χ4n) is 7.62. The molecule has 9 aromatic carbocycles. The van der Waals surface area contributed by atoms with Crippen LogP contribution in [0.4, 0.5) is 0 Å². The topological polar surface area (TPSA) is 0 Å². The molecular weight excluding hydrogens is 537 g/mol. The molecule has 1 aromatic heterocycles. The van der Waals surface area contributed by atoms with Gasteiger partial charge in [-0.05, 0) is 82.7 Å². The molecule has 0 fully saturated rings. The quantitative estimate of drug-likeness (QED) is 0.146. The summed E-state index contributed by atoms with van der Waals surface area (Å²) in [6.07, 6.45) is 0. The Morgan fingerprint density at radius 2 is 0.837 bits per heavy atom. The van der Waals surface area contributed by atoms with E-state index in [0.717, 1.165) is 0 Å². The molecule has 0 bridgehead atoms. The lowest BCUT2D eigenvalue weighted by Gasteiger charge is -2.20. The second kappa shape index (κ2) is 8.64. The predicted molar refractivity (Wildman–Crippen MR) is 189 cm³/mol. The zero-order chi connectivity index (χ0) is 28.1. The zero-order valence-electron chi connectivity index (χ0n) is 23.3. The molecule has 0 unspecified atom stereocenters. The van der Waals surface area contributed by atoms with E-state index in [1.165, 1.54) is 96.3 Å². The number of rotatable bonds is 2. The molecule has 0 amide bonds. The minimum Gasteiger partial charge on any atom is -0.135 e. The van der Waals surface area contributed by atoms with Gasteiger partial charge in [-0.2, -0.15) is 0 Å². The van der Waals surface area contributed by atoms with Gasteiger partial charge in [0.2, 0.25) is 0 Å². The van der Waals surface area contributed by atoms with Crippen LogP contribution >= 0.6 is 11.3 Å². The molecule has 1 heterocycles. The van der Waals surface area contributed by atoms with Crippen molar-refractivity contribution in [2.24, 2.45) is 0 Å². The molecule has 1 heteroatoms. The van der Waals surface area contributed by atoms with Crippen LogP contribution in [0.1, 0.15) is 0 Å². The van der Waals surface area contributed by atoms with Crippen molar-refractivity contribution in [2.45, 2.75) is 0 Å². The number of thiophene rings is 1. The smallest absolute Gasteiger partial charge is 0.0434 e. The van der Waals surface area contributed by atoms with Gasteiger partial charge < -0.3 is 0 Å². The van der Waals surface area contributed by atoms with Gasteiger partial charge in [0.15, 0.2) is 0 Å². The number of hydrogen-bond acceptors (Lipinski definition) is 1. The minimum atomic E-state index is 1.30. The largest absolute Gasteiger partial charge is 0.135 e. The fourth-order valence-corrected chi connectivity index (χ4v) is 8.84. The average Bonchev–Trinajstić information content (AvgIpc) is 3.45. The van der Waals surface area contributed by atoms with Crippen LogP contribution < -0.4 is 0 Å². The van der Waals surface area contributed by atoms with Crippen LogP contribution in [0, 0.1) is 0 Å². The number of hydrogen-bond donors (Lipinski definition) is 0. The maximum Gasteiger partial charge on any atom is 0.0434 e.